The molecule has 1 aromatic heterocycles. The van der Waals surface area contributed by atoms with Gasteiger partial charge in [0.05, 0.1) is 6.61 Å². The largest absolute Gasteiger partial charge is 0.394 e. The molecule has 1 aromatic rings. The van der Waals surface area contributed by atoms with Crippen LogP contribution >= 0.6 is 11.3 Å². The van der Waals surface area contributed by atoms with Crippen LogP contribution in [0.4, 0.5) is 0 Å². The first-order chi connectivity index (χ1) is 13.0. The summed E-state index contributed by atoms with van der Waals surface area (Å²) in [4.78, 5) is 15.0. The molecule has 0 bridgehead atoms. The third kappa shape index (κ3) is 6.99. The molecule has 7 nitrogen and oxygen atoms in total. The lowest BCUT2D eigenvalue weighted by atomic mass is 10.0. The van der Waals surface area contributed by atoms with Gasteiger partial charge in [-0.1, -0.05) is 18.9 Å². The highest BCUT2D eigenvalue weighted by Gasteiger charge is 2.34. The Labute approximate surface area is 163 Å². The summed E-state index contributed by atoms with van der Waals surface area (Å²) in [5, 5.41) is 41.8. The van der Waals surface area contributed by atoms with Crippen molar-refractivity contribution in [2.24, 2.45) is 0 Å². The Kier molecular flexibility index (Phi) is 9.40. The highest BCUT2D eigenvalue weighted by atomic mass is 32.1. The number of nitrogens with zero attached hydrogens (tertiary/aromatic N) is 1. The first kappa shape index (κ1) is 22.0. The number of carbonyl (C=O) groups excluding carboxylic acids is 1. The van der Waals surface area contributed by atoms with Gasteiger partial charge in [0.2, 0.25) is 5.91 Å². The van der Waals surface area contributed by atoms with Gasteiger partial charge in [0.1, 0.15) is 24.4 Å². The van der Waals surface area contributed by atoms with Gasteiger partial charge in [0, 0.05) is 30.6 Å². The number of aliphatic hydroxyl groups is 4. The van der Waals surface area contributed by atoms with Crippen molar-refractivity contribution >= 4 is 23.3 Å². The zero-order chi connectivity index (χ0) is 19.6. The van der Waals surface area contributed by atoms with Crippen molar-refractivity contribution in [3.63, 3.8) is 0 Å². The lowest BCUT2D eigenvalue weighted by molar-refractivity contribution is -0.150. The van der Waals surface area contributed by atoms with Crippen LogP contribution in [0.25, 0.3) is 6.08 Å². The smallest absolute Gasteiger partial charge is 0.246 e. The van der Waals surface area contributed by atoms with E-state index in [0.717, 1.165) is 30.6 Å². The predicted octanol–water partition coefficient (Wildman–Crippen LogP) is 0.624. The first-order valence-corrected chi connectivity index (χ1v) is 10.2. The summed E-state index contributed by atoms with van der Waals surface area (Å²) in [7, 11) is 0. The first-order valence-electron chi connectivity index (χ1n) is 9.30. The Balaban J connectivity index is 2.08. The predicted molar refractivity (Wildman–Crippen MR) is 103 cm³/mol. The average molecular weight is 400 g/mol. The summed E-state index contributed by atoms with van der Waals surface area (Å²) in [5.41, 5.74) is 0. The quantitative estimate of drug-likeness (QED) is 0.553. The van der Waals surface area contributed by atoms with Crippen molar-refractivity contribution in [1.29, 1.82) is 0 Å². The molecule has 1 aliphatic rings. The van der Waals surface area contributed by atoms with E-state index in [2.05, 4.69) is 0 Å². The van der Waals surface area contributed by atoms with E-state index in [4.69, 9.17) is 4.74 Å². The van der Waals surface area contributed by atoms with E-state index in [9.17, 15) is 25.2 Å². The van der Waals surface area contributed by atoms with E-state index in [0.29, 0.717) is 13.2 Å². The van der Waals surface area contributed by atoms with Crippen molar-refractivity contribution in [1.82, 2.24) is 4.90 Å². The number of thiophene rings is 1. The van der Waals surface area contributed by atoms with Gasteiger partial charge in [-0.2, -0.15) is 0 Å². The molecular formula is C19H29NO6S. The van der Waals surface area contributed by atoms with Crippen molar-refractivity contribution in [2.45, 2.75) is 50.1 Å². The van der Waals surface area contributed by atoms with E-state index < -0.39 is 31.0 Å². The number of hydrogen-bond donors (Lipinski definition) is 4. The van der Waals surface area contributed by atoms with Gasteiger partial charge in [-0.3, -0.25) is 4.79 Å². The molecule has 8 heteroatoms. The fourth-order valence-corrected chi connectivity index (χ4v) is 3.63. The van der Waals surface area contributed by atoms with Crippen LogP contribution in [-0.2, 0) is 9.53 Å². The van der Waals surface area contributed by atoms with Gasteiger partial charge in [-0.05, 0) is 30.4 Å². The number of amides is 1. The molecular weight excluding hydrogens is 370 g/mol. The van der Waals surface area contributed by atoms with Crippen molar-refractivity contribution in [2.75, 3.05) is 26.3 Å². The van der Waals surface area contributed by atoms with Gasteiger partial charge in [0.25, 0.3) is 0 Å². The molecule has 4 N–H and O–H groups in total. The molecule has 0 radical (unpaired) electrons. The Morgan fingerprint density at radius 2 is 2.11 bits per heavy atom. The van der Waals surface area contributed by atoms with E-state index >= 15 is 0 Å². The maximum atomic E-state index is 12.6. The molecule has 2 heterocycles. The molecule has 0 saturated carbocycles. The van der Waals surface area contributed by atoms with Gasteiger partial charge >= 0.3 is 0 Å². The maximum absolute atomic E-state index is 12.6. The lowest BCUT2D eigenvalue weighted by Crippen LogP contribution is -2.52. The van der Waals surface area contributed by atoms with Crippen LogP contribution in [0.3, 0.4) is 0 Å². The Morgan fingerprint density at radius 1 is 1.33 bits per heavy atom. The van der Waals surface area contributed by atoms with Crippen LogP contribution in [-0.4, -0.2) is 82.0 Å². The van der Waals surface area contributed by atoms with Crippen LogP contribution in [0.15, 0.2) is 23.6 Å². The van der Waals surface area contributed by atoms with Gasteiger partial charge in [-0.15, -0.1) is 11.3 Å². The Morgan fingerprint density at radius 3 is 2.81 bits per heavy atom. The summed E-state index contributed by atoms with van der Waals surface area (Å²) in [5.74, 6) is -0.244. The number of rotatable bonds is 4. The number of carbonyl (C=O) groups is 1. The summed E-state index contributed by atoms with van der Waals surface area (Å²) >= 11 is 1.52. The molecule has 1 aliphatic heterocycles. The van der Waals surface area contributed by atoms with Crippen LogP contribution in [0.2, 0.25) is 0 Å². The molecule has 0 spiro atoms. The molecule has 0 aliphatic carbocycles. The second-order valence-electron chi connectivity index (χ2n) is 6.69. The third-order valence-electron chi connectivity index (χ3n) is 4.58. The highest BCUT2D eigenvalue weighted by molar-refractivity contribution is 7.10. The maximum Gasteiger partial charge on any atom is 0.246 e. The zero-order valence-corrected chi connectivity index (χ0v) is 16.1. The van der Waals surface area contributed by atoms with Crippen LogP contribution in [0, 0.1) is 0 Å². The SMILES string of the molecule is O=C(/C=C/c1cccs1)N1CCCCCCO[C@H]([C@H](O)CO)[C@H](O)[C@H](O)C1. The summed E-state index contributed by atoms with van der Waals surface area (Å²) in [6.07, 6.45) is 1.41. The fraction of sp³-hybridized carbons (Fsp3) is 0.632. The van der Waals surface area contributed by atoms with Crippen molar-refractivity contribution in [3.05, 3.63) is 28.5 Å². The zero-order valence-electron chi connectivity index (χ0n) is 15.3. The van der Waals surface area contributed by atoms with E-state index in [1.165, 1.54) is 22.3 Å². The Bertz CT molecular complexity index is 579. The number of aliphatic hydroxyl groups excluding tert-OH is 4. The van der Waals surface area contributed by atoms with E-state index in [-0.39, 0.29) is 12.5 Å². The summed E-state index contributed by atoms with van der Waals surface area (Å²) < 4.78 is 5.51. The fourth-order valence-electron chi connectivity index (χ4n) is 3.01. The minimum atomic E-state index is -1.41. The van der Waals surface area contributed by atoms with E-state index in [1.54, 1.807) is 6.08 Å². The molecule has 27 heavy (non-hydrogen) atoms. The van der Waals surface area contributed by atoms with Crippen molar-refractivity contribution in [3.8, 4) is 0 Å². The molecule has 4 atom stereocenters. The van der Waals surface area contributed by atoms with Crippen molar-refractivity contribution < 1.29 is 30.0 Å². The molecule has 0 unspecified atom stereocenters. The van der Waals surface area contributed by atoms with Gasteiger partial charge < -0.3 is 30.1 Å². The molecule has 1 amide bonds. The minimum absolute atomic E-state index is 0.0766. The second kappa shape index (κ2) is 11.5. The number of hydrogen-bond acceptors (Lipinski definition) is 7. The average Bonchev–Trinajstić information content (AvgIpc) is 3.18. The van der Waals surface area contributed by atoms with Crippen LogP contribution in [0.1, 0.15) is 30.6 Å². The molecule has 1 fully saturated rings. The van der Waals surface area contributed by atoms with Gasteiger partial charge in [-0.25, -0.2) is 0 Å². The molecule has 0 aromatic carbocycles. The number of β-amino-alcohol motifs (C(OH)–C–C–N with tert-alkyl or cyclic N) is 1. The number of ether oxygens (including phenoxy) is 1. The standard InChI is InChI=1S/C19H29NO6S/c21-13-16(23)19-18(25)15(22)12-20(9-3-1-2-4-10-26-19)17(24)8-7-14-6-5-11-27-14/h5-8,11,15-16,18-19,21-23,25H,1-4,9-10,12-13H2/b8-7+/t15-,16-,18-,19-/m1/s1. The lowest BCUT2D eigenvalue weighted by Gasteiger charge is -2.33. The van der Waals surface area contributed by atoms with Crippen LogP contribution in [0.5, 0.6) is 0 Å². The molecule has 1 saturated heterocycles. The van der Waals surface area contributed by atoms with Crippen LogP contribution < -0.4 is 0 Å². The van der Waals surface area contributed by atoms with Gasteiger partial charge in [0.15, 0.2) is 0 Å². The van der Waals surface area contributed by atoms with E-state index in [1.807, 2.05) is 17.5 Å². The normalized spacial score (nSPS) is 27.1. The topological polar surface area (TPSA) is 110 Å². The highest BCUT2D eigenvalue weighted by Crippen LogP contribution is 2.15. The Hall–Kier alpha value is -1.29. The molecule has 2 rings (SSSR count). The summed E-state index contributed by atoms with van der Waals surface area (Å²) in [6, 6.07) is 3.80. The third-order valence-corrected chi connectivity index (χ3v) is 5.42. The summed E-state index contributed by atoms with van der Waals surface area (Å²) in [6.45, 7) is 0.149. The monoisotopic (exact) mass is 399 g/mol. The second-order valence-corrected chi connectivity index (χ2v) is 7.67. The molecule has 152 valence electrons. The minimum Gasteiger partial charge on any atom is -0.394 e.